The van der Waals surface area contributed by atoms with E-state index >= 15 is 4.39 Å². The third kappa shape index (κ3) is 4.51. The number of hydrogen-bond donors (Lipinski definition) is 0. The van der Waals surface area contributed by atoms with Gasteiger partial charge in [0.2, 0.25) is 0 Å². The molecule has 3 aliphatic rings. The minimum absolute atomic E-state index is 0.0531. The van der Waals surface area contributed by atoms with E-state index in [1.54, 1.807) is 4.90 Å². The van der Waals surface area contributed by atoms with E-state index in [2.05, 4.69) is 17.0 Å². The molecule has 1 aliphatic carbocycles. The molecule has 1 amide bonds. The van der Waals surface area contributed by atoms with Gasteiger partial charge in [0.1, 0.15) is 17.2 Å². The monoisotopic (exact) mass is 531 g/mol. The van der Waals surface area contributed by atoms with Gasteiger partial charge in [-0.25, -0.2) is 4.39 Å². The zero-order chi connectivity index (χ0) is 25.6. The highest BCUT2D eigenvalue weighted by Gasteiger charge is 2.56. The van der Waals surface area contributed by atoms with Gasteiger partial charge in [-0.3, -0.25) is 9.69 Å². The summed E-state index contributed by atoms with van der Waals surface area (Å²) in [5, 5.41) is 3.05. The normalized spacial score (nSPS) is 23.1. The first kappa shape index (κ1) is 23.9. The standard InChI is InChI=1S/C30H30FN3O3S/c31-26-15-21(7-8-27(26)33-9-11-36-12-10-33)34(30(35)29-6-3-13-38-29)19-25-23-17-32(18-24(23)25)16-22-14-20-4-1-2-5-28(20)37-22/h1-8,13-15,23-25H,9-12,16-19H2. The maximum absolute atomic E-state index is 15.3. The van der Waals surface area contributed by atoms with Gasteiger partial charge in [0.25, 0.3) is 5.91 Å². The highest BCUT2D eigenvalue weighted by atomic mass is 32.1. The lowest BCUT2D eigenvalue weighted by Gasteiger charge is -2.30. The van der Waals surface area contributed by atoms with Crippen LogP contribution < -0.4 is 9.80 Å². The first-order valence-corrected chi connectivity index (χ1v) is 14.2. The van der Waals surface area contributed by atoms with Gasteiger partial charge in [0.15, 0.2) is 0 Å². The van der Waals surface area contributed by atoms with E-state index in [0.29, 0.717) is 66.9 Å². The molecule has 0 bridgehead atoms. The predicted molar refractivity (Wildman–Crippen MR) is 147 cm³/mol. The van der Waals surface area contributed by atoms with Gasteiger partial charge in [-0.05, 0) is 59.5 Å². The molecule has 0 N–H and O–H groups in total. The van der Waals surface area contributed by atoms with Crippen LogP contribution >= 0.6 is 11.3 Å². The van der Waals surface area contributed by atoms with Crippen molar-refractivity contribution in [1.29, 1.82) is 0 Å². The van der Waals surface area contributed by atoms with Crippen LogP contribution in [0.2, 0.25) is 0 Å². The number of fused-ring (bicyclic) bond motifs is 2. The number of rotatable bonds is 7. The number of benzene rings is 2. The fourth-order valence-corrected chi connectivity index (χ4v) is 6.92. The number of hydrogen-bond acceptors (Lipinski definition) is 6. The maximum Gasteiger partial charge on any atom is 0.268 e. The Balaban J connectivity index is 1.05. The number of para-hydroxylation sites is 1. The van der Waals surface area contributed by atoms with Crippen molar-refractivity contribution in [3.63, 3.8) is 0 Å². The molecule has 1 saturated carbocycles. The second-order valence-corrected chi connectivity index (χ2v) is 11.5. The minimum Gasteiger partial charge on any atom is -0.460 e. The summed E-state index contributed by atoms with van der Waals surface area (Å²) in [6.07, 6.45) is 0. The van der Waals surface area contributed by atoms with Crippen molar-refractivity contribution < 1.29 is 18.3 Å². The largest absolute Gasteiger partial charge is 0.460 e. The zero-order valence-electron chi connectivity index (χ0n) is 21.1. The maximum atomic E-state index is 15.3. The van der Waals surface area contributed by atoms with Gasteiger partial charge < -0.3 is 19.0 Å². The Morgan fingerprint density at radius 1 is 1.03 bits per heavy atom. The lowest BCUT2D eigenvalue weighted by molar-refractivity contribution is 0.0988. The molecule has 7 rings (SSSR count). The van der Waals surface area contributed by atoms with Crippen molar-refractivity contribution in [2.75, 3.05) is 55.7 Å². The fraction of sp³-hybridized carbons (Fsp3) is 0.367. The van der Waals surface area contributed by atoms with E-state index < -0.39 is 0 Å². The van der Waals surface area contributed by atoms with Crippen LogP contribution in [-0.4, -0.2) is 56.7 Å². The van der Waals surface area contributed by atoms with E-state index in [9.17, 15) is 4.79 Å². The molecule has 38 heavy (non-hydrogen) atoms. The number of amides is 1. The number of ether oxygens (including phenoxy) is 1. The number of anilines is 2. The van der Waals surface area contributed by atoms with Gasteiger partial charge >= 0.3 is 0 Å². The Morgan fingerprint density at radius 3 is 2.58 bits per heavy atom. The summed E-state index contributed by atoms with van der Waals surface area (Å²) in [6, 6.07) is 19.2. The molecule has 196 valence electrons. The van der Waals surface area contributed by atoms with Gasteiger partial charge in [-0.2, -0.15) is 0 Å². The summed E-state index contributed by atoms with van der Waals surface area (Å²) in [5.41, 5.74) is 2.13. The molecule has 2 atom stereocenters. The Hall–Kier alpha value is -3.20. The third-order valence-corrected chi connectivity index (χ3v) is 9.13. The van der Waals surface area contributed by atoms with Gasteiger partial charge in [0.05, 0.1) is 30.3 Å². The van der Waals surface area contributed by atoms with Crippen LogP contribution in [0.5, 0.6) is 0 Å². The highest BCUT2D eigenvalue weighted by molar-refractivity contribution is 7.12. The number of thiophene rings is 1. The van der Waals surface area contributed by atoms with Crippen LogP contribution in [0.1, 0.15) is 15.4 Å². The van der Waals surface area contributed by atoms with E-state index in [4.69, 9.17) is 9.15 Å². The molecule has 0 spiro atoms. The van der Waals surface area contributed by atoms with E-state index in [1.807, 2.05) is 52.7 Å². The molecular formula is C30H30FN3O3S. The minimum atomic E-state index is -0.290. The van der Waals surface area contributed by atoms with Crippen molar-refractivity contribution >= 4 is 39.6 Å². The molecule has 3 fully saturated rings. The van der Waals surface area contributed by atoms with Gasteiger partial charge in [0, 0.05) is 43.8 Å². The summed E-state index contributed by atoms with van der Waals surface area (Å²) in [6.45, 7) is 5.95. The topological polar surface area (TPSA) is 49.2 Å². The molecule has 2 aromatic heterocycles. The molecular weight excluding hydrogens is 501 g/mol. The Labute approximate surface area is 225 Å². The highest BCUT2D eigenvalue weighted by Crippen LogP contribution is 2.52. The molecule has 2 aliphatic heterocycles. The average Bonchev–Trinajstić information content (AvgIpc) is 3.44. The van der Waals surface area contributed by atoms with Crippen LogP contribution in [0.25, 0.3) is 11.0 Å². The van der Waals surface area contributed by atoms with E-state index in [1.165, 1.54) is 17.4 Å². The van der Waals surface area contributed by atoms with Crippen LogP contribution in [0.15, 0.2) is 70.5 Å². The lowest BCUT2D eigenvalue weighted by Crippen LogP contribution is -2.37. The number of carbonyl (C=O) groups excluding carboxylic acids is 1. The number of nitrogens with zero attached hydrogens (tertiary/aromatic N) is 3. The summed E-state index contributed by atoms with van der Waals surface area (Å²) in [4.78, 5) is 20.5. The molecule has 4 aromatic rings. The predicted octanol–water partition coefficient (Wildman–Crippen LogP) is 5.49. The van der Waals surface area contributed by atoms with Gasteiger partial charge in [-0.15, -0.1) is 11.3 Å². The molecule has 4 heterocycles. The fourth-order valence-electron chi connectivity index (χ4n) is 6.25. The number of likely N-dealkylation sites (tertiary alicyclic amines) is 1. The number of halogens is 1. The van der Waals surface area contributed by atoms with Crippen LogP contribution in [0, 0.1) is 23.6 Å². The van der Waals surface area contributed by atoms with E-state index in [-0.39, 0.29) is 11.7 Å². The molecule has 2 saturated heterocycles. The summed E-state index contributed by atoms with van der Waals surface area (Å²) < 4.78 is 26.7. The second-order valence-electron chi connectivity index (χ2n) is 10.6. The number of morpholine rings is 1. The molecule has 2 aromatic carbocycles. The van der Waals surface area contributed by atoms with Crippen molar-refractivity contribution in [2.45, 2.75) is 6.54 Å². The number of piperidine rings is 1. The Morgan fingerprint density at radius 2 is 1.84 bits per heavy atom. The van der Waals surface area contributed by atoms with E-state index in [0.717, 1.165) is 36.4 Å². The van der Waals surface area contributed by atoms with Gasteiger partial charge in [-0.1, -0.05) is 24.3 Å². The number of furan rings is 1. The van der Waals surface area contributed by atoms with Crippen molar-refractivity contribution in [2.24, 2.45) is 17.8 Å². The summed E-state index contributed by atoms with van der Waals surface area (Å²) >= 11 is 1.43. The van der Waals surface area contributed by atoms with Crippen LogP contribution in [0.3, 0.4) is 0 Å². The number of carbonyl (C=O) groups is 1. The summed E-state index contributed by atoms with van der Waals surface area (Å²) in [7, 11) is 0. The molecule has 6 nitrogen and oxygen atoms in total. The molecule has 0 radical (unpaired) electrons. The lowest BCUT2D eigenvalue weighted by atomic mass is 10.1. The van der Waals surface area contributed by atoms with Crippen LogP contribution in [-0.2, 0) is 11.3 Å². The third-order valence-electron chi connectivity index (χ3n) is 8.27. The second kappa shape index (κ2) is 9.84. The Bertz CT molecular complexity index is 1400. The quantitative estimate of drug-likeness (QED) is 0.316. The molecule has 8 heteroatoms. The van der Waals surface area contributed by atoms with Crippen LogP contribution in [0.4, 0.5) is 15.8 Å². The summed E-state index contributed by atoms with van der Waals surface area (Å²) in [5.74, 6) is 2.18. The molecule has 2 unspecified atom stereocenters. The Kier molecular flexibility index (Phi) is 6.18. The van der Waals surface area contributed by atoms with Crippen molar-refractivity contribution in [3.8, 4) is 0 Å². The SMILES string of the molecule is O=C(c1cccs1)N(CC1C2CN(Cc3cc4ccccc4o3)CC21)c1ccc(N2CCOCC2)c(F)c1. The first-order chi connectivity index (χ1) is 18.6. The smallest absolute Gasteiger partial charge is 0.268 e. The average molecular weight is 532 g/mol. The van der Waals surface area contributed by atoms with Crippen molar-refractivity contribution in [3.05, 3.63) is 82.5 Å². The zero-order valence-corrected chi connectivity index (χ0v) is 21.9. The first-order valence-electron chi connectivity index (χ1n) is 13.3. The van der Waals surface area contributed by atoms with Crippen molar-refractivity contribution in [1.82, 2.24) is 4.90 Å².